The molecule has 5 heteroatoms. The van der Waals surface area contributed by atoms with Gasteiger partial charge in [-0.1, -0.05) is 44.5 Å². The lowest BCUT2D eigenvalue weighted by atomic mass is 9.67. The predicted octanol–water partition coefficient (Wildman–Crippen LogP) is 5.89. The number of halogens is 3. The second kappa shape index (κ2) is 7.16. The molecule has 0 bridgehead atoms. The summed E-state index contributed by atoms with van der Waals surface area (Å²) in [5, 5.41) is -0.291. The molecule has 0 amide bonds. The monoisotopic (exact) mass is 390 g/mol. The number of rotatable bonds is 3. The van der Waals surface area contributed by atoms with E-state index in [2.05, 4.69) is 0 Å². The Morgan fingerprint density at radius 1 is 1.11 bits per heavy atom. The van der Waals surface area contributed by atoms with Gasteiger partial charge in [-0.3, -0.25) is 9.59 Å². The average molecular weight is 391 g/mol. The molecule has 3 rings (SSSR count). The summed E-state index contributed by atoms with van der Waals surface area (Å²) in [6, 6.07) is 7.80. The molecular weight excluding hydrogens is 370 g/mol. The highest BCUT2D eigenvalue weighted by Gasteiger charge is 2.43. The zero-order valence-electron chi connectivity index (χ0n) is 15.5. The molecule has 1 atom stereocenters. The van der Waals surface area contributed by atoms with Crippen LogP contribution in [0.3, 0.4) is 0 Å². The molecular formula is C22H21ClF2O2. The first-order chi connectivity index (χ1) is 12.7. The summed E-state index contributed by atoms with van der Waals surface area (Å²) in [4.78, 5) is 25.6. The highest BCUT2D eigenvalue weighted by Crippen LogP contribution is 2.41. The lowest BCUT2D eigenvalue weighted by Crippen LogP contribution is -2.39. The fraction of sp³-hybridized carbons (Fsp3) is 0.364. The molecule has 142 valence electrons. The van der Waals surface area contributed by atoms with E-state index in [0.29, 0.717) is 30.4 Å². The Labute approximate surface area is 162 Å². The van der Waals surface area contributed by atoms with Crippen molar-refractivity contribution in [1.29, 1.82) is 0 Å². The minimum Gasteiger partial charge on any atom is -0.299 e. The first-order valence-electron chi connectivity index (χ1n) is 9.01. The fourth-order valence-corrected chi connectivity index (χ4v) is 3.80. The SMILES string of the molecule is CCc1ccc(-c2ccc(Cl)c(F)c2F)cc1C1C(=O)CCC(C)(C)C1=O. The van der Waals surface area contributed by atoms with Gasteiger partial charge in [-0.2, -0.15) is 0 Å². The summed E-state index contributed by atoms with van der Waals surface area (Å²) < 4.78 is 28.3. The van der Waals surface area contributed by atoms with E-state index in [1.54, 1.807) is 18.2 Å². The fourth-order valence-electron chi connectivity index (χ4n) is 3.66. The van der Waals surface area contributed by atoms with E-state index >= 15 is 0 Å². The molecule has 1 fully saturated rings. The van der Waals surface area contributed by atoms with Gasteiger partial charge in [0.1, 0.15) is 11.7 Å². The second-order valence-electron chi connectivity index (χ2n) is 7.64. The van der Waals surface area contributed by atoms with Crippen molar-refractivity contribution in [2.75, 3.05) is 0 Å². The molecule has 2 aromatic rings. The molecule has 0 N–H and O–H groups in total. The molecule has 1 saturated carbocycles. The zero-order chi connectivity index (χ0) is 19.9. The Morgan fingerprint density at radius 2 is 1.81 bits per heavy atom. The van der Waals surface area contributed by atoms with Crippen molar-refractivity contribution >= 4 is 23.2 Å². The van der Waals surface area contributed by atoms with E-state index in [4.69, 9.17) is 11.6 Å². The van der Waals surface area contributed by atoms with Crippen molar-refractivity contribution in [3.8, 4) is 11.1 Å². The number of carbonyl (C=O) groups excluding carboxylic acids is 2. The molecule has 1 aliphatic rings. The average Bonchev–Trinajstić information content (AvgIpc) is 2.64. The number of hydrogen-bond acceptors (Lipinski definition) is 2. The second-order valence-corrected chi connectivity index (χ2v) is 8.04. The third-order valence-electron chi connectivity index (χ3n) is 5.43. The van der Waals surface area contributed by atoms with Crippen LogP contribution >= 0.6 is 11.6 Å². The van der Waals surface area contributed by atoms with Gasteiger partial charge < -0.3 is 0 Å². The molecule has 0 spiro atoms. The van der Waals surface area contributed by atoms with Gasteiger partial charge >= 0.3 is 0 Å². The zero-order valence-corrected chi connectivity index (χ0v) is 16.3. The molecule has 0 heterocycles. The number of hydrogen-bond donors (Lipinski definition) is 0. The third-order valence-corrected chi connectivity index (χ3v) is 5.72. The van der Waals surface area contributed by atoms with Crippen molar-refractivity contribution in [3.05, 3.63) is 58.1 Å². The van der Waals surface area contributed by atoms with Gasteiger partial charge in [0, 0.05) is 17.4 Å². The van der Waals surface area contributed by atoms with Crippen LogP contribution in [0.2, 0.25) is 5.02 Å². The Hall–Kier alpha value is -2.07. The number of benzene rings is 2. The van der Waals surface area contributed by atoms with E-state index < -0.39 is 23.0 Å². The molecule has 2 nitrogen and oxygen atoms in total. The van der Waals surface area contributed by atoms with Crippen molar-refractivity contribution in [2.45, 2.75) is 46.0 Å². The minimum absolute atomic E-state index is 0.0516. The Bertz CT molecular complexity index is 934. The van der Waals surface area contributed by atoms with Gasteiger partial charge in [-0.05, 0) is 47.7 Å². The van der Waals surface area contributed by atoms with Crippen LogP contribution in [0, 0.1) is 17.0 Å². The molecule has 1 unspecified atom stereocenters. The maximum atomic E-state index is 14.4. The molecule has 0 aromatic heterocycles. The number of Topliss-reactive ketones (excluding diaryl/α,β-unsaturated/α-hetero) is 2. The van der Waals surface area contributed by atoms with E-state index in [9.17, 15) is 18.4 Å². The van der Waals surface area contributed by atoms with E-state index in [0.717, 1.165) is 5.56 Å². The van der Waals surface area contributed by atoms with E-state index in [1.807, 2.05) is 20.8 Å². The van der Waals surface area contributed by atoms with Crippen LogP contribution in [0.5, 0.6) is 0 Å². The third kappa shape index (κ3) is 3.43. The largest absolute Gasteiger partial charge is 0.299 e. The van der Waals surface area contributed by atoms with Gasteiger partial charge in [0.15, 0.2) is 17.4 Å². The summed E-state index contributed by atoms with van der Waals surface area (Å²) >= 11 is 5.64. The Morgan fingerprint density at radius 3 is 2.48 bits per heavy atom. The number of aryl methyl sites for hydroxylation is 1. The summed E-state index contributed by atoms with van der Waals surface area (Å²) in [6.07, 6.45) is 1.49. The van der Waals surface area contributed by atoms with Crippen molar-refractivity contribution in [3.63, 3.8) is 0 Å². The first kappa shape index (κ1) is 19.7. The molecule has 0 aliphatic heterocycles. The minimum atomic E-state index is -1.11. The van der Waals surface area contributed by atoms with Gasteiger partial charge in [0.05, 0.1) is 5.02 Å². The number of ketones is 2. The standard InChI is InChI=1S/C22H21ClF2O2/c1-4-12-5-6-13(14-7-8-16(23)20(25)19(14)24)11-15(12)18-17(26)9-10-22(2,3)21(18)27/h5-8,11,18H,4,9-10H2,1-3H3. The topological polar surface area (TPSA) is 34.1 Å². The van der Waals surface area contributed by atoms with Crippen LogP contribution in [0.1, 0.15) is 50.7 Å². The normalized spacial score (nSPS) is 19.4. The predicted molar refractivity (Wildman–Crippen MR) is 102 cm³/mol. The van der Waals surface area contributed by atoms with Crippen molar-refractivity contribution < 1.29 is 18.4 Å². The van der Waals surface area contributed by atoms with Crippen LogP contribution in [-0.4, -0.2) is 11.6 Å². The van der Waals surface area contributed by atoms with Gasteiger partial charge in [0.2, 0.25) is 0 Å². The van der Waals surface area contributed by atoms with E-state index in [1.165, 1.54) is 12.1 Å². The van der Waals surface area contributed by atoms with Crippen LogP contribution in [0.15, 0.2) is 30.3 Å². The molecule has 2 aromatic carbocycles. The summed E-state index contributed by atoms with van der Waals surface area (Å²) in [5.41, 5.74) is 1.33. The quantitative estimate of drug-likeness (QED) is 0.483. The molecule has 27 heavy (non-hydrogen) atoms. The van der Waals surface area contributed by atoms with Crippen molar-refractivity contribution in [1.82, 2.24) is 0 Å². The van der Waals surface area contributed by atoms with Crippen LogP contribution in [-0.2, 0) is 16.0 Å². The summed E-state index contributed by atoms with van der Waals surface area (Å²) in [6.45, 7) is 5.63. The highest BCUT2D eigenvalue weighted by atomic mass is 35.5. The maximum absolute atomic E-state index is 14.4. The van der Waals surface area contributed by atoms with E-state index in [-0.39, 0.29) is 22.2 Å². The van der Waals surface area contributed by atoms with Crippen molar-refractivity contribution in [2.24, 2.45) is 5.41 Å². The van der Waals surface area contributed by atoms with Gasteiger partial charge in [-0.25, -0.2) is 8.78 Å². The maximum Gasteiger partial charge on any atom is 0.178 e. The lowest BCUT2D eigenvalue weighted by Gasteiger charge is -2.33. The van der Waals surface area contributed by atoms with Crippen LogP contribution < -0.4 is 0 Å². The van der Waals surface area contributed by atoms with Crippen LogP contribution in [0.4, 0.5) is 8.78 Å². The van der Waals surface area contributed by atoms with Gasteiger partial charge in [0.25, 0.3) is 0 Å². The summed E-state index contributed by atoms with van der Waals surface area (Å²) in [7, 11) is 0. The molecule has 0 radical (unpaired) electrons. The first-order valence-corrected chi connectivity index (χ1v) is 9.39. The molecule has 0 saturated heterocycles. The summed E-state index contributed by atoms with van der Waals surface area (Å²) in [5.74, 6) is -3.24. The smallest absolute Gasteiger partial charge is 0.178 e. The van der Waals surface area contributed by atoms with Crippen LogP contribution in [0.25, 0.3) is 11.1 Å². The van der Waals surface area contributed by atoms with Gasteiger partial charge in [-0.15, -0.1) is 0 Å². The number of carbonyl (C=O) groups is 2. The Balaban J connectivity index is 2.17. The highest BCUT2D eigenvalue weighted by molar-refractivity contribution is 6.30. The lowest BCUT2D eigenvalue weighted by molar-refractivity contribution is -0.139. The Kier molecular flexibility index (Phi) is 5.22. The molecule has 1 aliphatic carbocycles.